The summed E-state index contributed by atoms with van der Waals surface area (Å²) in [5, 5.41) is 5.78. The topological polar surface area (TPSA) is 58.2 Å². The maximum absolute atomic E-state index is 12.9. The summed E-state index contributed by atoms with van der Waals surface area (Å²) in [6.07, 6.45) is 0.696. The quantitative estimate of drug-likeness (QED) is 0.426. The molecule has 3 aromatic carbocycles. The zero-order valence-corrected chi connectivity index (χ0v) is 19.2. The van der Waals surface area contributed by atoms with Crippen LogP contribution in [-0.4, -0.2) is 17.1 Å². The number of anilines is 2. The Bertz CT molecular complexity index is 1090. The van der Waals surface area contributed by atoms with Crippen molar-refractivity contribution in [2.24, 2.45) is 0 Å². The highest BCUT2D eigenvalue weighted by Gasteiger charge is 2.19. The van der Waals surface area contributed by atoms with E-state index in [-0.39, 0.29) is 17.1 Å². The lowest BCUT2D eigenvalue weighted by Crippen LogP contribution is -2.25. The Kier molecular flexibility index (Phi) is 7.53. The minimum absolute atomic E-state index is 0.0181. The van der Waals surface area contributed by atoms with Crippen molar-refractivity contribution in [2.45, 2.75) is 44.3 Å². The molecule has 0 heterocycles. The van der Waals surface area contributed by atoms with Gasteiger partial charge in [-0.15, -0.1) is 11.8 Å². The molecule has 0 aromatic heterocycles. The molecule has 0 aliphatic rings. The van der Waals surface area contributed by atoms with E-state index in [2.05, 4.69) is 10.6 Å². The molecule has 0 saturated carbocycles. The molecule has 31 heavy (non-hydrogen) atoms. The molecule has 0 spiro atoms. The Morgan fingerprint density at radius 1 is 0.871 bits per heavy atom. The van der Waals surface area contributed by atoms with Crippen LogP contribution in [-0.2, 0) is 4.79 Å². The monoisotopic (exact) mass is 432 g/mol. The number of nitrogens with one attached hydrogen (secondary N) is 2. The van der Waals surface area contributed by atoms with Crippen LogP contribution in [0.5, 0.6) is 0 Å². The van der Waals surface area contributed by atoms with E-state index in [1.54, 1.807) is 6.07 Å². The highest BCUT2D eigenvalue weighted by Crippen LogP contribution is 2.29. The molecule has 3 aromatic rings. The summed E-state index contributed by atoms with van der Waals surface area (Å²) in [7, 11) is 0. The smallest absolute Gasteiger partial charge is 0.255 e. The number of thioether (sulfide) groups is 1. The number of benzene rings is 3. The highest BCUT2D eigenvalue weighted by molar-refractivity contribution is 8.00. The Labute approximate surface area is 188 Å². The Balaban J connectivity index is 1.68. The van der Waals surface area contributed by atoms with Gasteiger partial charge in [-0.05, 0) is 74.7 Å². The molecule has 0 radical (unpaired) electrons. The summed E-state index contributed by atoms with van der Waals surface area (Å²) in [5.41, 5.74) is 5.37. The van der Waals surface area contributed by atoms with Crippen LogP contribution in [0.3, 0.4) is 0 Å². The predicted molar refractivity (Wildman–Crippen MR) is 130 cm³/mol. The van der Waals surface area contributed by atoms with E-state index in [0.29, 0.717) is 17.7 Å². The minimum atomic E-state index is -0.234. The first kappa shape index (κ1) is 22.6. The number of carbonyl (C=O) groups excluding carboxylic acids is 2. The second-order valence-electron chi connectivity index (χ2n) is 7.67. The van der Waals surface area contributed by atoms with Crippen LogP contribution in [0.25, 0.3) is 0 Å². The fourth-order valence-electron chi connectivity index (χ4n) is 3.21. The van der Waals surface area contributed by atoms with Gasteiger partial charge in [0.1, 0.15) is 0 Å². The maximum atomic E-state index is 12.9. The van der Waals surface area contributed by atoms with E-state index >= 15 is 0 Å². The SMILES string of the molecule is CCC(Sc1cccc(NC(=O)c2cccc(C)c2)c1)C(=O)Nc1cc(C)ccc1C. The predicted octanol–water partition coefficient (Wildman–Crippen LogP) is 6.37. The van der Waals surface area contributed by atoms with Crippen LogP contribution in [0.1, 0.15) is 40.4 Å². The van der Waals surface area contributed by atoms with Gasteiger partial charge in [0.2, 0.25) is 5.91 Å². The number of carbonyl (C=O) groups is 2. The number of amides is 2. The largest absolute Gasteiger partial charge is 0.325 e. The molecule has 2 amide bonds. The molecular weight excluding hydrogens is 404 g/mol. The minimum Gasteiger partial charge on any atom is -0.325 e. The third-order valence-corrected chi connectivity index (χ3v) is 6.32. The van der Waals surface area contributed by atoms with Crippen LogP contribution in [0, 0.1) is 20.8 Å². The van der Waals surface area contributed by atoms with Gasteiger partial charge in [0.25, 0.3) is 5.91 Å². The molecule has 0 bridgehead atoms. The first-order valence-corrected chi connectivity index (χ1v) is 11.3. The number of aryl methyl sites for hydroxylation is 3. The van der Waals surface area contributed by atoms with Crippen molar-refractivity contribution in [3.63, 3.8) is 0 Å². The van der Waals surface area contributed by atoms with Gasteiger partial charge >= 0.3 is 0 Å². The second kappa shape index (κ2) is 10.3. The Morgan fingerprint density at radius 3 is 2.35 bits per heavy atom. The number of rotatable bonds is 7. The van der Waals surface area contributed by atoms with Crippen molar-refractivity contribution < 1.29 is 9.59 Å². The Morgan fingerprint density at radius 2 is 1.61 bits per heavy atom. The van der Waals surface area contributed by atoms with E-state index in [9.17, 15) is 9.59 Å². The van der Waals surface area contributed by atoms with E-state index < -0.39 is 0 Å². The molecule has 4 nitrogen and oxygen atoms in total. The van der Waals surface area contributed by atoms with Crippen molar-refractivity contribution in [2.75, 3.05) is 10.6 Å². The molecular formula is C26H28N2O2S. The van der Waals surface area contributed by atoms with Gasteiger partial charge in [-0.25, -0.2) is 0 Å². The molecule has 0 aliphatic carbocycles. The van der Waals surface area contributed by atoms with Gasteiger partial charge in [0.15, 0.2) is 0 Å². The molecule has 160 valence electrons. The van der Waals surface area contributed by atoms with Crippen LogP contribution < -0.4 is 10.6 Å². The molecule has 5 heteroatoms. The molecule has 2 N–H and O–H groups in total. The summed E-state index contributed by atoms with van der Waals surface area (Å²) in [5.74, 6) is -0.166. The van der Waals surface area contributed by atoms with Crippen LogP contribution in [0.2, 0.25) is 0 Å². The van der Waals surface area contributed by atoms with Gasteiger partial charge in [-0.3, -0.25) is 9.59 Å². The average Bonchev–Trinajstić information content (AvgIpc) is 2.74. The Hall–Kier alpha value is -3.05. The fraction of sp³-hybridized carbons (Fsp3) is 0.231. The summed E-state index contributed by atoms with van der Waals surface area (Å²) in [6.45, 7) is 7.97. The highest BCUT2D eigenvalue weighted by atomic mass is 32.2. The molecule has 0 aliphatic heterocycles. The zero-order valence-electron chi connectivity index (χ0n) is 18.4. The summed E-state index contributed by atoms with van der Waals surface area (Å²) in [6, 6.07) is 21.1. The molecule has 0 saturated heterocycles. The van der Waals surface area contributed by atoms with Crippen molar-refractivity contribution in [3.05, 3.63) is 89.0 Å². The van der Waals surface area contributed by atoms with Crippen LogP contribution in [0.15, 0.2) is 71.6 Å². The summed E-state index contributed by atoms with van der Waals surface area (Å²) < 4.78 is 0. The van der Waals surface area contributed by atoms with Crippen molar-refractivity contribution in [1.82, 2.24) is 0 Å². The third-order valence-electron chi connectivity index (χ3n) is 4.96. The van der Waals surface area contributed by atoms with Gasteiger partial charge in [-0.2, -0.15) is 0 Å². The van der Waals surface area contributed by atoms with Gasteiger partial charge < -0.3 is 10.6 Å². The second-order valence-corrected chi connectivity index (χ2v) is 8.95. The lowest BCUT2D eigenvalue weighted by Gasteiger charge is -2.17. The average molecular weight is 433 g/mol. The normalized spacial score (nSPS) is 11.6. The standard InChI is InChI=1S/C26H28N2O2S/c1-5-24(26(30)28-23-15-18(3)12-13-19(23)4)31-22-11-7-10-21(16-22)27-25(29)20-9-6-8-17(2)14-20/h6-16,24H,5H2,1-4H3,(H,27,29)(H,28,30). The number of hydrogen-bond acceptors (Lipinski definition) is 3. The van der Waals surface area contributed by atoms with E-state index in [1.165, 1.54) is 11.8 Å². The first-order valence-electron chi connectivity index (χ1n) is 10.4. The first-order chi connectivity index (χ1) is 14.9. The fourth-order valence-corrected chi connectivity index (χ4v) is 4.22. The van der Waals surface area contributed by atoms with Crippen molar-refractivity contribution in [3.8, 4) is 0 Å². The van der Waals surface area contributed by atoms with E-state index in [1.807, 2.05) is 88.4 Å². The number of hydrogen-bond donors (Lipinski definition) is 2. The summed E-state index contributed by atoms with van der Waals surface area (Å²) >= 11 is 1.50. The van der Waals surface area contributed by atoms with E-state index in [4.69, 9.17) is 0 Å². The maximum Gasteiger partial charge on any atom is 0.255 e. The molecule has 0 fully saturated rings. The van der Waals surface area contributed by atoms with Gasteiger partial charge in [-0.1, -0.05) is 42.8 Å². The molecule has 3 rings (SSSR count). The van der Waals surface area contributed by atoms with E-state index in [0.717, 1.165) is 27.3 Å². The zero-order chi connectivity index (χ0) is 22.4. The van der Waals surface area contributed by atoms with Gasteiger partial charge in [0.05, 0.1) is 5.25 Å². The van der Waals surface area contributed by atoms with Crippen molar-refractivity contribution in [1.29, 1.82) is 0 Å². The third kappa shape index (κ3) is 6.22. The van der Waals surface area contributed by atoms with Crippen molar-refractivity contribution >= 4 is 35.0 Å². The van der Waals surface area contributed by atoms with Crippen LogP contribution in [0.4, 0.5) is 11.4 Å². The lowest BCUT2D eigenvalue weighted by molar-refractivity contribution is -0.115. The van der Waals surface area contributed by atoms with Gasteiger partial charge in [0, 0.05) is 21.8 Å². The molecule has 1 atom stereocenters. The molecule has 1 unspecified atom stereocenters. The summed E-state index contributed by atoms with van der Waals surface area (Å²) in [4.78, 5) is 26.4. The lowest BCUT2D eigenvalue weighted by atomic mass is 10.1. The van der Waals surface area contributed by atoms with Crippen LogP contribution >= 0.6 is 11.8 Å².